The summed E-state index contributed by atoms with van der Waals surface area (Å²) in [6, 6.07) is 5.10. The van der Waals surface area contributed by atoms with E-state index in [-0.39, 0.29) is 6.04 Å². The number of hydrogen-bond donors (Lipinski definition) is 1. The molecule has 0 aliphatic rings. The van der Waals surface area contributed by atoms with Gasteiger partial charge in [-0.3, -0.25) is 4.98 Å². The quantitative estimate of drug-likeness (QED) is 0.768. The lowest BCUT2D eigenvalue weighted by Gasteiger charge is -2.11. The highest BCUT2D eigenvalue weighted by Gasteiger charge is 2.11. The minimum Gasteiger partial charge on any atom is -0.261 e. The summed E-state index contributed by atoms with van der Waals surface area (Å²) in [5.74, 6) is 0. The number of thiocarbonyl (C=S) groups is 1. The van der Waals surface area contributed by atoms with Gasteiger partial charge in [0.25, 0.3) is 0 Å². The molecule has 15 heavy (non-hydrogen) atoms. The molecule has 0 spiro atoms. The van der Waals surface area contributed by atoms with Crippen LogP contribution in [0.1, 0.15) is 5.69 Å². The zero-order chi connectivity index (χ0) is 11.3. The minimum atomic E-state index is -3.23. The summed E-state index contributed by atoms with van der Waals surface area (Å²) in [5.41, 5.74) is 0.805. The summed E-state index contributed by atoms with van der Waals surface area (Å²) in [7, 11) is -3.23. The SMILES string of the molecule is CS(=O)(=O)NC(C=S)Cc1ccccn1. The summed E-state index contributed by atoms with van der Waals surface area (Å²) < 4.78 is 24.4. The van der Waals surface area contributed by atoms with E-state index in [4.69, 9.17) is 12.2 Å². The van der Waals surface area contributed by atoms with Gasteiger partial charge in [0.15, 0.2) is 0 Å². The summed E-state index contributed by atoms with van der Waals surface area (Å²) in [6.45, 7) is 0. The van der Waals surface area contributed by atoms with Crippen molar-refractivity contribution in [2.24, 2.45) is 0 Å². The number of pyridine rings is 1. The molecule has 1 atom stereocenters. The summed E-state index contributed by atoms with van der Waals surface area (Å²) in [5, 5.41) is 1.40. The molecule has 0 fully saturated rings. The van der Waals surface area contributed by atoms with E-state index < -0.39 is 10.0 Å². The third-order valence-corrected chi connectivity index (χ3v) is 2.74. The average molecular weight is 244 g/mol. The molecule has 6 heteroatoms. The number of nitrogens with zero attached hydrogens (tertiary/aromatic N) is 1. The van der Waals surface area contributed by atoms with E-state index in [0.29, 0.717) is 6.42 Å². The predicted molar refractivity (Wildman–Crippen MR) is 63.4 cm³/mol. The van der Waals surface area contributed by atoms with Gasteiger partial charge in [0.05, 0.1) is 12.3 Å². The highest BCUT2D eigenvalue weighted by molar-refractivity contribution is 7.88. The minimum absolute atomic E-state index is 0.384. The van der Waals surface area contributed by atoms with Gasteiger partial charge < -0.3 is 0 Å². The molecular formula is C9H12N2O2S2. The molecule has 1 unspecified atom stereocenters. The number of sulfonamides is 1. The van der Waals surface area contributed by atoms with Crippen molar-refractivity contribution in [2.75, 3.05) is 6.26 Å². The topological polar surface area (TPSA) is 59.1 Å². The van der Waals surface area contributed by atoms with Crippen LogP contribution in [0.25, 0.3) is 0 Å². The van der Waals surface area contributed by atoms with Crippen LogP contribution < -0.4 is 4.72 Å². The Hall–Kier alpha value is -0.850. The molecule has 0 saturated carbocycles. The molecule has 82 valence electrons. The van der Waals surface area contributed by atoms with E-state index in [1.807, 2.05) is 12.1 Å². The molecule has 1 aromatic heterocycles. The van der Waals surface area contributed by atoms with Gasteiger partial charge in [-0.1, -0.05) is 18.3 Å². The second kappa shape index (κ2) is 5.29. The highest BCUT2D eigenvalue weighted by Crippen LogP contribution is 1.99. The standard InChI is InChI=1S/C9H12N2O2S2/c1-15(12,13)11-9(7-14)6-8-4-2-3-5-10-8/h2-5,7,9,11H,6H2,1H3. The molecule has 0 saturated heterocycles. The van der Waals surface area contributed by atoms with Crippen molar-refractivity contribution in [3.63, 3.8) is 0 Å². The second-order valence-corrected chi connectivity index (χ2v) is 5.21. The third-order valence-electron chi connectivity index (χ3n) is 1.68. The molecule has 0 bridgehead atoms. The molecule has 1 aromatic rings. The fourth-order valence-electron chi connectivity index (χ4n) is 1.14. The molecule has 0 aromatic carbocycles. The Morgan fingerprint density at radius 2 is 2.33 bits per heavy atom. The average Bonchev–Trinajstić information content (AvgIpc) is 2.16. The van der Waals surface area contributed by atoms with Gasteiger partial charge in [-0.15, -0.1) is 0 Å². The first-order valence-electron chi connectivity index (χ1n) is 4.34. The first kappa shape index (κ1) is 12.2. The molecule has 4 nitrogen and oxygen atoms in total. The lowest BCUT2D eigenvalue weighted by Crippen LogP contribution is -2.36. The largest absolute Gasteiger partial charge is 0.261 e. The van der Waals surface area contributed by atoms with Crippen LogP contribution in [-0.4, -0.2) is 31.1 Å². The number of aromatic nitrogens is 1. The van der Waals surface area contributed by atoms with Crippen LogP contribution in [0.3, 0.4) is 0 Å². The van der Waals surface area contributed by atoms with Gasteiger partial charge in [0.1, 0.15) is 0 Å². The maximum atomic E-state index is 11.0. The van der Waals surface area contributed by atoms with Crippen LogP contribution in [0.15, 0.2) is 24.4 Å². The van der Waals surface area contributed by atoms with Crippen molar-refractivity contribution in [1.29, 1.82) is 0 Å². The lowest BCUT2D eigenvalue weighted by atomic mass is 10.2. The summed E-state index contributed by atoms with van der Waals surface area (Å²) in [4.78, 5) is 4.10. The molecule has 1 heterocycles. The van der Waals surface area contributed by atoms with Gasteiger partial charge in [0, 0.05) is 18.3 Å². The van der Waals surface area contributed by atoms with Crippen LogP contribution in [0, 0.1) is 0 Å². The van der Waals surface area contributed by atoms with E-state index in [1.54, 1.807) is 12.3 Å². The molecule has 0 radical (unpaired) electrons. The lowest BCUT2D eigenvalue weighted by molar-refractivity contribution is 0.581. The molecule has 0 amide bonds. The Morgan fingerprint density at radius 3 is 2.80 bits per heavy atom. The molecular weight excluding hydrogens is 232 g/mol. The zero-order valence-corrected chi connectivity index (χ0v) is 9.88. The van der Waals surface area contributed by atoms with Crippen LogP contribution in [-0.2, 0) is 16.4 Å². The van der Waals surface area contributed by atoms with Gasteiger partial charge in [-0.2, -0.15) is 0 Å². The van der Waals surface area contributed by atoms with Crippen molar-refractivity contribution in [2.45, 2.75) is 12.5 Å². The van der Waals surface area contributed by atoms with Crippen LogP contribution in [0.2, 0.25) is 0 Å². The Labute approximate surface area is 94.8 Å². The van der Waals surface area contributed by atoms with Crippen molar-refractivity contribution in [3.05, 3.63) is 30.1 Å². The van der Waals surface area contributed by atoms with Gasteiger partial charge in [0.2, 0.25) is 10.0 Å². The first-order chi connectivity index (χ1) is 7.01. The fraction of sp³-hybridized carbons (Fsp3) is 0.333. The Morgan fingerprint density at radius 1 is 1.60 bits per heavy atom. The number of hydrogen-bond acceptors (Lipinski definition) is 4. The number of rotatable bonds is 5. The van der Waals surface area contributed by atoms with Gasteiger partial charge >= 0.3 is 0 Å². The molecule has 1 rings (SSSR count). The fourth-order valence-corrected chi connectivity index (χ4v) is 2.09. The van der Waals surface area contributed by atoms with Crippen molar-refractivity contribution in [1.82, 2.24) is 9.71 Å². The smallest absolute Gasteiger partial charge is 0.209 e. The van der Waals surface area contributed by atoms with E-state index in [9.17, 15) is 8.42 Å². The monoisotopic (exact) mass is 244 g/mol. The molecule has 0 aliphatic heterocycles. The summed E-state index contributed by atoms with van der Waals surface area (Å²) >= 11 is 4.76. The van der Waals surface area contributed by atoms with Crippen molar-refractivity contribution < 1.29 is 8.42 Å². The molecule has 1 N–H and O–H groups in total. The number of nitrogens with one attached hydrogen (secondary N) is 1. The third kappa shape index (κ3) is 4.96. The van der Waals surface area contributed by atoms with Crippen LogP contribution >= 0.6 is 12.2 Å². The van der Waals surface area contributed by atoms with Gasteiger partial charge in [-0.25, -0.2) is 13.1 Å². The Balaban J connectivity index is 2.67. The second-order valence-electron chi connectivity index (χ2n) is 3.16. The Bertz CT molecular complexity index is 417. The van der Waals surface area contributed by atoms with Gasteiger partial charge in [-0.05, 0) is 17.5 Å². The van der Waals surface area contributed by atoms with E-state index in [2.05, 4.69) is 9.71 Å². The molecule has 0 aliphatic carbocycles. The summed E-state index contributed by atoms with van der Waals surface area (Å²) in [6.07, 6.45) is 3.24. The normalized spacial score (nSPS) is 13.4. The van der Waals surface area contributed by atoms with E-state index in [1.165, 1.54) is 5.37 Å². The van der Waals surface area contributed by atoms with Crippen LogP contribution in [0.5, 0.6) is 0 Å². The maximum Gasteiger partial charge on any atom is 0.209 e. The highest BCUT2D eigenvalue weighted by atomic mass is 32.2. The first-order valence-corrected chi connectivity index (χ1v) is 6.70. The van der Waals surface area contributed by atoms with E-state index >= 15 is 0 Å². The predicted octanol–water partition coefficient (Wildman–Crippen LogP) is 0.542. The van der Waals surface area contributed by atoms with Crippen molar-refractivity contribution in [3.8, 4) is 0 Å². The van der Waals surface area contributed by atoms with E-state index in [0.717, 1.165) is 11.9 Å². The zero-order valence-electron chi connectivity index (χ0n) is 8.25. The van der Waals surface area contributed by atoms with Crippen molar-refractivity contribution >= 4 is 27.6 Å². The Kier molecular flexibility index (Phi) is 4.31. The maximum absolute atomic E-state index is 11.0. The van der Waals surface area contributed by atoms with Crippen LogP contribution in [0.4, 0.5) is 0 Å².